The van der Waals surface area contributed by atoms with Crippen molar-refractivity contribution >= 4 is 17.6 Å². The summed E-state index contributed by atoms with van der Waals surface area (Å²) >= 11 is 0. The minimum Gasteiger partial charge on any atom is -0.465 e. The Hall–Kier alpha value is -2.57. The standard InChI is InChI=1S/C20H27N3O4/c1-13-17(18(24)26-5)16-12-15(8-11-23(16)21-13)14-6-9-22(10-7-14)19(25)27-20(2,3)4/h8,11-12,14H,6-7,9-10H2,1-5H3. The molecule has 1 aliphatic heterocycles. The number of pyridine rings is 1. The van der Waals surface area contributed by atoms with Crippen molar-refractivity contribution in [2.24, 2.45) is 0 Å². The average Bonchev–Trinajstić information content (AvgIpc) is 2.94. The van der Waals surface area contributed by atoms with Crippen LogP contribution in [-0.4, -0.2) is 52.4 Å². The van der Waals surface area contributed by atoms with Crippen LogP contribution in [-0.2, 0) is 9.47 Å². The molecule has 0 unspecified atom stereocenters. The second-order valence-electron chi connectivity index (χ2n) is 7.98. The summed E-state index contributed by atoms with van der Waals surface area (Å²) < 4.78 is 12.1. The van der Waals surface area contributed by atoms with Crippen LogP contribution >= 0.6 is 0 Å². The zero-order valence-corrected chi connectivity index (χ0v) is 16.6. The Labute approximate surface area is 159 Å². The van der Waals surface area contributed by atoms with E-state index in [2.05, 4.69) is 5.10 Å². The number of piperidine rings is 1. The van der Waals surface area contributed by atoms with Crippen LogP contribution in [0.5, 0.6) is 0 Å². The maximum absolute atomic E-state index is 12.2. The first-order valence-electron chi connectivity index (χ1n) is 9.24. The number of hydrogen-bond acceptors (Lipinski definition) is 5. The van der Waals surface area contributed by atoms with Crippen molar-refractivity contribution in [1.82, 2.24) is 14.5 Å². The van der Waals surface area contributed by atoms with Crippen LogP contribution in [0.1, 0.15) is 61.1 Å². The van der Waals surface area contributed by atoms with Crippen molar-refractivity contribution < 1.29 is 19.1 Å². The minimum absolute atomic E-state index is 0.254. The Kier molecular flexibility index (Phi) is 5.13. The van der Waals surface area contributed by atoms with Gasteiger partial charge in [-0.25, -0.2) is 14.1 Å². The van der Waals surface area contributed by atoms with E-state index in [9.17, 15) is 9.59 Å². The molecule has 0 aromatic carbocycles. The van der Waals surface area contributed by atoms with Crippen LogP contribution in [0.3, 0.4) is 0 Å². The van der Waals surface area contributed by atoms with Crippen LogP contribution in [0.25, 0.3) is 5.52 Å². The number of aromatic nitrogens is 2. The molecular weight excluding hydrogens is 346 g/mol. The lowest BCUT2D eigenvalue weighted by Gasteiger charge is -2.33. The fraction of sp³-hybridized carbons (Fsp3) is 0.550. The van der Waals surface area contributed by atoms with Gasteiger partial charge in [-0.05, 0) is 64.2 Å². The molecule has 0 saturated carbocycles. The van der Waals surface area contributed by atoms with Gasteiger partial charge in [-0.15, -0.1) is 0 Å². The van der Waals surface area contributed by atoms with Crippen LogP contribution in [0.15, 0.2) is 18.3 Å². The molecule has 1 amide bonds. The third-order valence-corrected chi connectivity index (χ3v) is 4.84. The molecule has 27 heavy (non-hydrogen) atoms. The molecule has 1 fully saturated rings. The van der Waals surface area contributed by atoms with Gasteiger partial charge in [0.25, 0.3) is 0 Å². The number of carbonyl (C=O) groups is 2. The molecule has 2 aromatic rings. The number of hydrogen-bond donors (Lipinski definition) is 0. The van der Waals surface area contributed by atoms with E-state index in [1.807, 2.05) is 39.1 Å². The Morgan fingerprint density at radius 2 is 1.89 bits per heavy atom. The Bertz CT molecular complexity index is 858. The monoisotopic (exact) mass is 373 g/mol. The summed E-state index contributed by atoms with van der Waals surface area (Å²) in [4.78, 5) is 26.1. The van der Waals surface area contributed by atoms with E-state index in [4.69, 9.17) is 9.47 Å². The molecule has 0 aliphatic carbocycles. The number of methoxy groups -OCH3 is 1. The predicted molar refractivity (Wildman–Crippen MR) is 101 cm³/mol. The third-order valence-electron chi connectivity index (χ3n) is 4.84. The number of fused-ring (bicyclic) bond motifs is 1. The predicted octanol–water partition coefficient (Wildman–Crippen LogP) is 3.54. The number of carbonyl (C=O) groups excluding carboxylic acids is 2. The molecule has 0 radical (unpaired) electrons. The Morgan fingerprint density at radius 1 is 1.22 bits per heavy atom. The summed E-state index contributed by atoms with van der Waals surface area (Å²) in [6.45, 7) is 8.75. The van der Waals surface area contributed by atoms with Crippen LogP contribution < -0.4 is 0 Å². The van der Waals surface area contributed by atoms with Crippen molar-refractivity contribution in [2.45, 2.75) is 52.1 Å². The van der Waals surface area contributed by atoms with Crippen LogP contribution in [0.4, 0.5) is 4.79 Å². The zero-order chi connectivity index (χ0) is 19.8. The molecule has 2 aromatic heterocycles. The highest BCUT2D eigenvalue weighted by atomic mass is 16.6. The molecule has 0 bridgehead atoms. The van der Waals surface area contributed by atoms with Gasteiger partial charge in [0, 0.05) is 19.3 Å². The molecule has 3 rings (SSSR count). The highest BCUT2D eigenvalue weighted by Gasteiger charge is 2.28. The van der Waals surface area contributed by atoms with Crippen LogP contribution in [0, 0.1) is 6.92 Å². The molecule has 0 spiro atoms. The maximum atomic E-state index is 12.2. The van der Waals surface area contributed by atoms with E-state index in [0.29, 0.717) is 30.3 Å². The highest BCUT2D eigenvalue weighted by molar-refractivity contribution is 5.98. The van der Waals surface area contributed by atoms with Gasteiger partial charge in [-0.3, -0.25) is 0 Å². The van der Waals surface area contributed by atoms with E-state index in [0.717, 1.165) is 23.9 Å². The average molecular weight is 373 g/mol. The third kappa shape index (κ3) is 4.07. The van der Waals surface area contributed by atoms with Gasteiger partial charge < -0.3 is 14.4 Å². The number of likely N-dealkylation sites (tertiary alicyclic amines) is 1. The highest BCUT2D eigenvalue weighted by Crippen LogP contribution is 2.30. The molecule has 1 aliphatic rings. The Balaban J connectivity index is 1.76. The number of esters is 1. The minimum atomic E-state index is -0.483. The summed E-state index contributed by atoms with van der Waals surface area (Å²) in [5, 5.41) is 4.38. The van der Waals surface area contributed by atoms with E-state index >= 15 is 0 Å². The lowest BCUT2D eigenvalue weighted by atomic mass is 9.89. The number of aryl methyl sites for hydroxylation is 1. The smallest absolute Gasteiger partial charge is 0.410 e. The van der Waals surface area contributed by atoms with Crippen LogP contribution in [0.2, 0.25) is 0 Å². The van der Waals surface area contributed by atoms with Gasteiger partial charge in [-0.1, -0.05) is 0 Å². The second kappa shape index (κ2) is 7.21. The quantitative estimate of drug-likeness (QED) is 0.753. The van der Waals surface area contributed by atoms with E-state index in [1.54, 1.807) is 16.3 Å². The summed E-state index contributed by atoms with van der Waals surface area (Å²) in [5.41, 5.74) is 2.58. The lowest BCUT2D eigenvalue weighted by molar-refractivity contribution is 0.0204. The molecule has 0 atom stereocenters. The van der Waals surface area contributed by atoms with Crippen molar-refractivity contribution in [1.29, 1.82) is 0 Å². The van der Waals surface area contributed by atoms with Gasteiger partial charge in [-0.2, -0.15) is 5.10 Å². The first-order valence-corrected chi connectivity index (χ1v) is 9.24. The summed E-state index contributed by atoms with van der Waals surface area (Å²) in [6, 6.07) is 4.05. The van der Waals surface area contributed by atoms with E-state index in [-0.39, 0.29) is 12.1 Å². The molecule has 0 N–H and O–H groups in total. The first kappa shape index (κ1) is 19.2. The molecule has 7 nitrogen and oxygen atoms in total. The van der Waals surface area contributed by atoms with Gasteiger partial charge in [0.2, 0.25) is 0 Å². The molecule has 146 valence electrons. The SMILES string of the molecule is COC(=O)c1c(C)nn2ccc(C3CCN(C(=O)OC(C)(C)C)CC3)cc12. The summed E-state index contributed by atoms with van der Waals surface area (Å²) in [5.74, 6) is -0.0474. The summed E-state index contributed by atoms with van der Waals surface area (Å²) in [7, 11) is 1.38. The van der Waals surface area contributed by atoms with E-state index in [1.165, 1.54) is 7.11 Å². The lowest BCUT2D eigenvalue weighted by Crippen LogP contribution is -2.41. The number of rotatable bonds is 2. The molecule has 1 saturated heterocycles. The molecule has 7 heteroatoms. The maximum Gasteiger partial charge on any atom is 0.410 e. The van der Waals surface area contributed by atoms with Crippen molar-refractivity contribution in [3.8, 4) is 0 Å². The van der Waals surface area contributed by atoms with Crippen molar-refractivity contribution in [3.05, 3.63) is 35.2 Å². The number of ether oxygens (including phenoxy) is 2. The normalized spacial score (nSPS) is 15.8. The van der Waals surface area contributed by atoms with Gasteiger partial charge in [0.05, 0.1) is 18.3 Å². The van der Waals surface area contributed by atoms with Crippen molar-refractivity contribution in [3.63, 3.8) is 0 Å². The van der Waals surface area contributed by atoms with Gasteiger partial charge in [0.1, 0.15) is 11.2 Å². The van der Waals surface area contributed by atoms with Crippen molar-refractivity contribution in [2.75, 3.05) is 20.2 Å². The fourth-order valence-corrected chi connectivity index (χ4v) is 3.51. The number of amides is 1. The number of nitrogens with zero attached hydrogens (tertiary/aromatic N) is 3. The van der Waals surface area contributed by atoms with E-state index < -0.39 is 5.60 Å². The Morgan fingerprint density at radius 3 is 2.48 bits per heavy atom. The van der Waals surface area contributed by atoms with Gasteiger partial charge in [0.15, 0.2) is 0 Å². The fourth-order valence-electron chi connectivity index (χ4n) is 3.51. The molecular formula is C20H27N3O4. The second-order valence-corrected chi connectivity index (χ2v) is 7.98. The summed E-state index contributed by atoms with van der Waals surface area (Å²) in [6.07, 6.45) is 3.34. The first-order chi connectivity index (χ1) is 12.7. The molecule has 3 heterocycles. The van der Waals surface area contributed by atoms with Gasteiger partial charge >= 0.3 is 12.1 Å². The largest absolute Gasteiger partial charge is 0.465 e. The zero-order valence-electron chi connectivity index (χ0n) is 16.6. The topological polar surface area (TPSA) is 73.1 Å².